The van der Waals surface area contributed by atoms with E-state index in [1.54, 1.807) is 0 Å². The van der Waals surface area contributed by atoms with E-state index in [0.717, 1.165) is 32.4 Å². The zero-order valence-electron chi connectivity index (χ0n) is 9.52. The molecule has 3 rings (SSSR count). The highest BCUT2D eigenvalue weighted by molar-refractivity contribution is 5.18. The first-order chi connectivity index (χ1) is 7.75. The minimum Gasteiger partial charge on any atom is -0.390 e. The van der Waals surface area contributed by atoms with Crippen molar-refractivity contribution in [2.75, 3.05) is 13.1 Å². The van der Waals surface area contributed by atoms with Crippen molar-refractivity contribution in [2.24, 2.45) is 11.8 Å². The van der Waals surface area contributed by atoms with Crippen LogP contribution < -0.4 is 5.32 Å². The first-order valence-corrected chi connectivity index (χ1v) is 6.22. The van der Waals surface area contributed by atoms with Crippen molar-refractivity contribution in [1.29, 1.82) is 0 Å². The molecular formula is C14H19NO. The lowest BCUT2D eigenvalue weighted by Crippen LogP contribution is -2.30. The van der Waals surface area contributed by atoms with Crippen LogP contribution in [0.25, 0.3) is 0 Å². The van der Waals surface area contributed by atoms with Crippen LogP contribution in [-0.2, 0) is 6.42 Å². The molecule has 2 aliphatic rings. The molecule has 2 nitrogen and oxygen atoms in total. The van der Waals surface area contributed by atoms with Crippen LogP contribution in [0.3, 0.4) is 0 Å². The molecule has 1 saturated carbocycles. The van der Waals surface area contributed by atoms with Crippen LogP contribution in [0.1, 0.15) is 18.4 Å². The number of nitrogens with one attached hydrogen (secondary N) is 1. The summed E-state index contributed by atoms with van der Waals surface area (Å²) < 4.78 is 0. The molecule has 86 valence electrons. The van der Waals surface area contributed by atoms with Gasteiger partial charge in [0.25, 0.3) is 0 Å². The van der Waals surface area contributed by atoms with Crippen molar-refractivity contribution < 1.29 is 5.11 Å². The Labute approximate surface area is 96.7 Å². The summed E-state index contributed by atoms with van der Waals surface area (Å²) in [4.78, 5) is 0. The van der Waals surface area contributed by atoms with Gasteiger partial charge in [0.05, 0.1) is 5.60 Å². The Balaban J connectivity index is 1.71. The van der Waals surface area contributed by atoms with Crippen LogP contribution in [0.5, 0.6) is 0 Å². The SMILES string of the molecule is O[C@@]1(Cc2ccccc2)C[C@H]2CNC[C@H]2C1. The van der Waals surface area contributed by atoms with E-state index in [-0.39, 0.29) is 0 Å². The van der Waals surface area contributed by atoms with Gasteiger partial charge in [0.2, 0.25) is 0 Å². The fourth-order valence-corrected chi connectivity index (χ4v) is 3.44. The number of fused-ring (bicyclic) bond motifs is 1. The first-order valence-electron chi connectivity index (χ1n) is 6.22. The normalized spacial score (nSPS) is 37.6. The maximum absolute atomic E-state index is 10.6. The van der Waals surface area contributed by atoms with Crippen LogP contribution >= 0.6 is 0 Å². The molecule has 0 amide bonds. The van der Waals surface area contributed by atoms with Gasteiger partial charge >= 0.3 is 0 Å². The number of hydrogen-bond acceptors (Lipinski definition) is 2. The fraction of sp³-hybridized carbons (Fsp3) is 0.571. The van der Waals surface area contributed by atoms with Crippen molar-refractivity contribution in [2.45, 2.75) is 24.9 Å². The van der Waals surface area contributed by atoms with Gasteiger partial charge in [-0.25, -0.2) is 0 Å². The predicted molar refractivity (Wildman–Crippen MR) is 64.2 cm³/mol. The quantitative estimate of drug-likeness (QED) is 0.788. The topological polar surface area (TPSA) is 32.3 Å². The summed E-state index contributed by atoms with van der Waals surface area (Å²) >= 11 is 0. The Bertz CT molecular complexity index is 350. The molecular weight excluding hydrogens is 198 g/mol. The summed E-state index contributed by atoms with van der Waals surface area (Å²) in [5, 5.41) is 14.0. The minimum absolute atomic E-state index is 0.446. The summed E-state index contributed by atoms with van der Waals surface area (Å²) in [6, 6.07) is 10.4. The molecule has 3 atom stereocenters. The summed E-state index contributed by atoms with van der Waals surface area (Å²) in [5.74, 6) is 1.41. The molecule has 1 saturated heterocycles. The molecule has 0 aromatic heterocycles. The minimum atomic E-state index is -0.446. The fourth-order valence-electron chi connectivity index (χ4n) is 3.44. The predicted octanol–water partition coefficient (Wildman–Crippen LogP) is 1.59. The van der Waals surface area contributed by atoms with E-state index < -0.39 is 5.60 Å². The lowest BCUT2D eigenvalue weighted by Gasteiger charge is -2.23. The Morgan fingerprint density at radius 1 is 1.12 bits per heavy atom. The van der Waals surface area contributed by atoms with Gasteiger partial charge in [0, 0.05) is 6.42 Å². The zero-order chi connectivity index (χ0) is 11.0. The van der Waals surface area contributed by atoms with Gasteiger partial charge in [-0.15, -0.1) is 0 Å². The molecule has 0 spiro atoms. The highest BCUT2D eigenvalue weighted by atomic mass is 16.3. The van der Waals surface area contributed by atoms with Gasteiger partial charge in [-0.3, -0.25) is 0 Å². The largest absolute Gasteiger partial charge is 0.390 e. The highest BCUT2D eigenvalue weighted by Gasteiger charge is 2.45. The summed E-state index contributed by atoms with van der Waals surface area (Å²) in [6.07, 6.45) is 2.76. The summed E-state index contributed by atoms with van der Waals surface area (Å²) in [6.45, 7) is 2.20. The number of hydrogen-bond donors (Lipinski definition) is 2. The van der Waals surface area contributed by atoms with E-state index >= 15 is 0 Å². The lowest BCUT2D eigenvalue weighted by atomic mass is 9.91. The summed E-state index contributed by atoms with van der Waals surface area (Å²) in [7, 11) is 0. The van der Waals surface area contributed by atoms with E-state index in [0.29, 0.717) is 11.8 Å². The van der Waals surface area contributed by atoms with Gasteiger partial charge in [0.1, 0.15) is 0 Å². The van der Waals surface area contributed by atoms with Crippen LogP contribution in [0, 0.1) is 11.8 Å². The molecule has 1 heterocycles. The third kappa shape index (κ3) is 1.87. The van der Waals surface area contributed by atoms with Crippen LogP contribution in [-0.4, -0.2) is 23.8 Å². The zero-order valence-corrected chi connectivity index (χ0v) is 9.52. The van der Waals surface area contributed by atoms with Crippen molar-refractivity contribution in [3.05, 3.63) is 35.9 Å². The van der Waals surface area contributed by atoms with Crippen molar-refractivity contribution in [3.8, 4) is 0 Å². The molecule has 1 aromatic rings. The average molecular weight is 217 g/mol. The van der Waals surface area contributed by atoms with Crippen molar-refractivity contribution in [3.63, 3.8) is 0 Å². The standard InChI is InChI=1S/C14H19NO/c16-14(6-11-4-2-1-3-5-11)7-12-9-15-10-13(12)8-14/h1-5,12-13,15-16H,6-10H2/t12-,13+,14-. The Morgan fingerprint density at radius 3 is 2.38 bits per heavy atom. The van der Waals surface area contributed by atoms with Crippen molar-refractivity contribution >= 4 is 0 Å². The number of rotatable bonds is 2. The van der Waals surface area contributed by atoms with E-state index in [1.807, 2.05) is 6.07 Å². The molecule has 1 aliphatic carbocycles. The van der Waals surface area contributed by atoms with Gasteiger partial charge in [-0.1, -0.05) is 30.3 Å². The van der Waals surface area contributed by atoms with Crippen LogP contribution in [0.2, 0.25) is 0 Å². The molecule has 1 aliphatic heterocycles. The molecule has 2 N–H and O–H groups in total. The Hall–Kier alpha value is -0.860. The maximum Gasteiger partial charge on any atom is 0.0694 e. The second-order valence-corrected chi connectivity index (χ2v) is 5.47. The number of benzene rings is 1. The molecule has 1 aromatic carbocycles. The summed E-state index contributed by atoms with van der Waals surface area (Å²) in [5.41, 5.74) is 0.816. The first kappa shape index (κ1) is 10.3. The van der Waals surface area contributed by atoms with Crippen molar-refractivity contribution in [1.82, 2.24) is 5.32 Å². The molecule has 0 bridgehead atoms. The lowest BCUT2D eigenvalue weighted by molar-refractivity contribution is 0.0399. The van der Waals surface area contributed by atoms with E-state index in [2.05, 4.69) is 29.6 Å². The maximum atomic E-state index is 10.6. The molecule has 16 heavy (non-hydrogen) atoms. The number of aliphatic hydroxyl groups is 1. The van der Waals surface area contributed by atoms with E-state index in [9.17, 15) is 5.11 Å². The second-order valence-electron chi connectivity index (χ2n) is 5.47. The molecule has 0 radical (unpaired) electrons. The smallest absolute Gasteiger partial charge is 0.0694 e. The Morgan fingerprint density at radius 2 is 1.75 bits per heavy atom. The van der Waals surface area contributed by atoms with E-state index in [1.165, 1.54) is 5.56 Å². The van der Waals surface area contributed by atoms with Gasteiger partial charge < -0.3 is 10.4 Å². The second kappa shape index (κ2) is 3.86. The average Bonchev–Trinajstić information content (AvgIpc) is 2.77. The van der Waals surface area contributed by atoms with Gasteiger partial charge in [-0.2, -0.15) is 0 Å². The van der Waals surface area contributed by atoms with E-state index in [4.69, 9.17) is 0 Å². The Kier molecular flexibility index (Phi) is 2.49. The third-order valence-electron chi connectivity index (χ3n) is 4.14. The highest BCUT2D eigenvalue weighted by Crippen LogP contribution is 2.42. The van der Waals surface area contributed by atoms with Crippen LogP contribution in [0.4, 0.5) is 0 Å². The van der Waals surface area contributed by atoms with Gasteiger partial charge in [-0.05, 0) is 43.3 Å². The molecule has 2 fully saturated rings. The van der Waals surface area contributed by atoms with Gasteiger partial charge in [0.15, 0.2) is 0 Å². The molecule has 0 unspecified atom stereocenters. The van der Waals surface area contributed by atoms with Crippen LogP contribution in [0.15, 0.2) is 30.3 Å². The monoisotopic (exact) mass is 217 g/mol. The third-order valence-corrected chi connectivity index (χ3v) is 4.14. The molecule has 2 heteroatoms.